The Bertz CT molecular complexity index is 3000. The van der Waals surface area contributed by atoms with Crippen molar-refractivity contribution in [2.45, 2.75) is 0 Å². The zero-order chi connectivity index (χ0) is 37.3. The summed E-state index contributed by atoms with van der Waals surface area (Å²) in [6, 6.07) is 74.7. The van der Waals surface area contributed by atoms with E-state index in [1.807, 2.05) is 30.3 Å². The third kappa shape index (κ3) is 6.12. The average Bonchev–Trinajstić information content (AvgIpc) is 3.29. The molecule has 0 spiro atoms. The van der Waals surface area contributed by atoms with Crippen LogP contribution in [0.1, 0.15) is 0 Å². The van der Waals surface area contributed by atoms with Gasteiger partial charge in [-0.3, -0.25) is 0 Å². The Morgan fingerprint density at radius 2 is 0.625 bits per heavy atom. The summed E-state index contributed by atoms with van der Waals surface area (Å²) >= 11 is 0. The van der Waals surface area contributed by atoms with Crippen molar-refractivity contribution in [1.82, 2.24) is 15.0 Å². The molecule has 10 rings (SSSR count). The first-order valence-electron chi connectivity index (χ1n) is 18.9. The molecule has 0 radical (unpaired) electrons. The molecule has 3 heteroatoms. The largest absolute Gasteiger partial charge is 0.208 e. The van der Waals surface area contributed by atoms with E-state index in [-0.39, 0.29) is 0 Å². The number of nitrogens with zero attached hydrogens (tertiary/aromatic N) is 3. The molecular weight excluding hydrogens is 679 g/mol. The highest BCUT2D eigenvalue weighted by molar-refractivity contribution is 6.22. The molecule has 1 aromatic heterocycles. The Kier molecular flexibility index (Phi) is 8.51. The standard InChI is InChI=1S/C53H35N3/c1-5-18-36(19-6-1)43-28-13-16-31-47(43)53-55-51(39-24-11-4-12-25-39)54-52(56-53)42-27-17-26-40(34-42)41-32-33-46-48(35-41)50(38-22-9-3-10-23-38)45-30-15-14-29-44(45)49(46)37-20-7-2-8-21-37/h1-35H. The molecule has 10 aromatic rings. The van der Waals surface area contributed by atoms with Gasteiger partial charge in [0.05, 0.1) is 0 Å². The van der Waals surface area contributed by atoms with Crippen molar-refractivity contribution in [2.24, 2.45) is 0 Å². The minimum absolute atomic E-state index is 0.627. The Labute approximate surface area is 326 Å². The van der Waals surface area contributed by atoms with Crippen LogP contribution in [-0.2, 0) is 0 Å². The third-order valence-electron chi connectivity index (χ3n) is 10.5. The lowest BCUT2D eigenvalue weighted by molar-refractivity contribution is 1.07. The van der Waals surface area contributed by atoms with E-state index in [1.165, 1.54) is 43.8 Å². The summed E-state index contributed by atoms with van der Waals surface area (Å²) in [5.41, 5.74) is 12.1. The second-order valence-electron chi connectivity index (χ2n) is 14.0. The first kappa shape index (κ1) is 33.1. The molecule has 1 heterocycles. The zero-order valence-corrected chi connectivity index (χ0v) is 30.5. The average molecular weight is 714 g/mol. The van der Waals surface area contributed by atoms with E-state index >= 15 is 0 Å². The molecule has 0 saturated carbocycles. The lowest BCUT2D eigenvalue weighted by Gasteiger charge is -2.19. The van der Waals surface area contributed by atoms with Crippen LogP contribution in [0.15, 0.2) is 212 Å². The molecule has 0 atom stereocenters. The summed E-state index contributed by atoms with van der Waals surface area (Å²) in [5, 5.41) is 4.91. The number of fused-ring (bicyclic) bond motifs is 2. The first-order chi connectivity index (χ1) is 27.8. The SMILES string of the molecule is c1ccc(-c2nc(-c3cccc(-c4ccc5c(-c6ccccc6)c6ccccc6c(-c6ccccc6)c5c4)c3)nc(-c3ccccc3-c3ccccc3)n2)cc1. The molecule has 0 fully saturated rings. The maximum Gasteiger partial charge on any atom is 0.164 e. The van der Waals surface area contributed by atoms with Crippen molar-refractivity contribution in [3.8, 4) is 78.7 Å². The summed E-state index contributed by atoms with van der Waals surface area (Å²) in [4.78, 5) is 15.4. The summed E-state index contributed by atoms with van der Waals surface area (Å²) < 4.78 is 0. The highest BCUT2D eigenvalue weighted by Gasteiger charge is 2.19. The van der Waals surface area contributed by atoms with Gasteiger partial charge >= 0.3 is 0 Å². The van der Waals surface area contributed by atoms with Crippen LogP contribution in [0.5, 0.6) is 0 Å². The lowest BCUT2D eigenvalue weighted by Crippen LogP contribution is -2.01. The normalized spacial score (nSPS) is 11.2. The van der Waals surface area contributed by atoms with E-state index in [4.69, 9.17) is 15.0 Å². The number of hydrogen-bond acceptors (Lipinski definition) is 3. The van der Waals surface area contributed by atoms with Crippen LogP contribution < -0.4 is 0 Å². The summed E-state index contributed by atoms with van der Waals surface area (Å²) in [6.07, 6.45) is 0. The molecule has 0 aliphatic rings. The second kappa shape index (κ2) is 14.4. The Balaban J connectivity index is 1.16. The topological polar surface area (TPSA) is 38.7 Å². The molecule has 0 aliphatic carbocycles. The molecule has 0 saturated heterocycles. The van der Waals surface area contributed by atoms with Gasteiger partial charge in [-0.25, -0.2) is 15.0 Å². The molecule has 0 amide bonds. The maximum absolute atomic E-state index is 5.18. The van der Waals surface area contributed by atoms with Crippen molar-refractivity contribution in [1.29, 1.82) is 0 Å². The molecule has 3 nitrogen and oxygen atoms in total. The van der Waals surface area contributed by atoms with Gasteiger partial charge < -0.3 is 0 Å². The molecule has 0 unspecified atom stereocenters. The molecule has 0 N–H and O–H groups in total. The Morgan fingerprint density at radius 1 is 0.214 bits per heavy atom. The highest BCUT2D eigenvalue weighted by Crippen LogP contribution is 2.45. The summed E-state index contributed by atoms with van der Waals surface area (Å²) in [6.45, 7) is 0. The first-order valence-corrected chi connectivity index (χ1v) is 18.9. The number of hydrogen-bond donors (Lipinski definition) is 0. The van der Waals surface area contributed by atoms with Crippen molar-refractivity contribution in [3.63, 3.8) is 0 Å². The van der Waals surface area contributed by atoms with Crippen LogP contribution in [0, 0.1) is 0 Å². The van der Waals surface area contributed by atoms with Gasteiger partial charge in [0.1, 0.15) is 0 Å². The smallest absolute Gasteiger partial charge is 0.164 e. The predicted molar refractivity (Wildman–Crippen MR) is 233 cm³/mol. The fourth-order valence-corrected chi connectivity index (χ4v) is 7.92. The monoisotopic (exact) mass is 713 g/mol. The molecule has 0 aliphatic heterocycles. The molecule has 262 valence electrons. The predicted octanol–water partition coefficient (Wildman–Crippen LogP) is 13.8. The summed E-state index contributed by atoms with van der Waals surface area (Å²) in [5.74, 6) is 1.90. The van der Waals surface area contributed by atoms with Gasteiger partial charge in [-0.15, -0.1) is 0 Å². The number of rotatable bonds is 7. The minimum Gasteiger partial charge on any atom is -0.208 e. The quantitative estimate of drug-likeness (QED) is 0.154. The third-order valence-corrected chi connectivity index (χ3v) is 10.5. The van der Waals surface area contributed by atoms with Gasteiger partial charge in [0, 0.05) is 16.7 Å². The Hall–Kier alpha value is -7.49. The number of benzene rings is 9. The summed E-state index contributed by atoms with van der Waals surface area (Å²) in [7, 11) is 0. The van der Waals surface area contributed by atoms with Crippen molar-refractivity contribution >= 4 is 21.5 Å². The maximum atomic E-state index is 5.18. The Morgan fingerprint density at radius 3 is 1.25 bits per heavy atom. The minimum atomic E-state index is 0.627. The van der Waals surface area contributed by atoms with Gasteiger partial charge in [-0.1, -0.05) is 200 Å². The molecule has 56 heavy (non-hydrogen) atoms. The second-order valence-corrected chi connectivity index (χ2v) is 14.0. The van der Waals surface area contributed by atoms with Crippen LogP contribution in [0.2, 0.25) is 0 Å². The molecule has 9 aromatic carbocycles. The van der Waals surface area contributed by atoms with Gasteiger partial charge in [0.25, 0.3) is 0 Å². The van der Waals surface area contributed by atoms with Gasteiger partial charge in [0.15, 0.2) is 17.5 Å². The van der Waals surface area contributed by atoms with Crippen LogP contribution in [0.3, 0.4) is 0 Å². The van der Waals surface area contributed by atoms with Gasteiger partial charge in [-0.2, -0.15) is 0 Å². The van der Waals surface area contributed by atoms with Gasteiger partial charge in [0.2, 0.25) is 0 Å². The highest BCUT2D eigenvalue weighted by atomic mass is 15.0. The van der Waals surface area contributed by atoms with Crippen LogP contribution >= 0.6 is 0 Å². The van der Waals surface area contributed by atoms with Crippen molar-refractivity contribution in [3.05, 3.63) is 212 Å². The van der Waals surface area contributed by atoms with Gasteiger partial charge in [-0.05, 0) is 78.2 Å². The zero-order valence-electron chi connectivity index (χ0n) is 30.5. The van der Waals surface area contributed by atoms with Crippen LogP contribution in [0.25, 0.3) is 100 Å². The molecular formula is C53H35N3. The van der Waals surface area contributed by atoms with E-state index in [2.05, 4.69) is 182 Å². The fraction of sp³-hybridized carbons (Fsp3) is 0. The molecule has 0 bridgehead atoms. The van der Waals surface area contributed by atoms with E-state index < -0.39 is 0 Å². The van der Waals surface area contributed by atoms with Crippen LogP contribution in [0.4, 0.5) is 0 Å². The van der Waals surface area contributed by atoms with Crippen LogP contribution in [-0.4, -0.2) is 15.0 Å². The van der Waals surface area contributed by atoms with E-state index in [9.17, 15) is 0 Å². The lowest BCUT2D eigenvalue weighted by atomic mass is 9.85. The van der Waals surface area contributed by atoms with E-state index in [0.717, 1.165) is 38.9 Å². The van der Waals surface area contributed by atoms with Crippen molar-refractivity contribution in [2.75, 3.05) is 0 Å². The van der Waals surface area contributed by atoms with Crippen molar-refractivity contribution < 1.29 is 0 Å². The van der Waals surface area contributed by atoms with E-state index in [0.29, 0.717) is 17.5 Å². The fourth-order valence-electron chi connectivity index (χ4n) is 7.92. The van der Waals surface area contributed by atoms with E-state index in [1.54, 1.807) is 0 Å². The number of aromatic nitrogens is 3.